The number of urea groups is 1. The second-order valence-corrected chi connectivity index (χ2v) is 4.62. The van der Waals surface area contributed by atoms with Crippen molar-refractivity contribution in [2.24, 2.45) is 0 Å². The van der Waals surface area contributed by atoms with Gasteiger partial charge in [-0.2, -0.15) is 0 Å². The van der Waals surface area contributed by atoms with Crippen LogP contribution in [0.25, 0.3) is 0 Å². The monoisotopic (exact) mass is 287 g/mol. The highest BCUT2D eigenvalue weighted by molar-refractivity contribution is 5.87. The van der Waals surface area contributed by atoms with Gasteiger partial charge in [0.15, 0.2) is 0 Å². The minimum absolute atomic E-state index is 0.00669. The first kappa shape index (κ1) is 16.2. The van der Waals surface area contributed by atoms with E-state index in [-0.39, 0.29) is 25.4 Å². The van der Waals surface area contributed by atoms with Gasteiger partial charge in [-0.15, -0.1) is 0 Å². The fraction of sp³-hybridized carbons (Fsp3) is 0.750. The lowest BCUT2D eigenvalue weighted by Crippen LogP contribution is -2.49. The van der Waals surface area contributed by atoms with Gasteiger partial charge in [0.05, 0.1) is 12.6 Å². The topological polar surface area (TPSA) is 110 Å². The highest BCUT2D eigenvalue weighted by Gasteiger charge is 2.39. The Kier molecular flexibility index (Phi) is 5.75. The second-order valence-electron chi connectivity index (χ2n) is 4.62. The molecule has 0 aromatic carbocycles. The Morgan fingerprint density at radius 3 is 2.40 bits per heavy atom. The maximum atomic E-state index is 11.9. The van der Waals surface area contributed by atoms with Crippen LogP contribution in [0.15, 0.2) is 0 Å². The Morgan fingerprint density at radius 2 is 1.90 bits per heavy atom. The van der Waals surface area contributed by atoms with E-state index in [1.54, 1.807) is 4.90 Å². The molecule has 3 amide bonds. The third-order valence-corrected chi connectivity index (χ3v) is 3.33. The second kappa shape index (κ2) is 7.09. The molecule has 0 saturated carbocycles. The number of aliphatic hydroxyl groups excluding tert-OH is 1. The first-order chi connectivity index (χ1) is 9.40. The zero-order valence-electron chi connectivity index (χ0n) is 11.7. The molecular formula is C12H21N3O5. The van der Waals surface area contributed by atoms with Crippen molar-refractivity contribution in [1.82, 2.24) is 15.1 Å². The number of carbonyl (C=O) groups excluding carboxylic acids is 2. The summed E-state index contributed by atoms with van der Waals surface area (Å²) in [7, 11) is 0. The minimum atomic E-state index is -1.16. The summed E-state index contributed by atoms with van der Waals surface area (Å²) < 4.78 is 0. The first-order valence-corrected chi connectivity index (χ1v) is 6.63. The van der Waals surface area contributed by atoms with E-state index in [1.807, 2.05) is 13.8 Å². The molecule has 8 heteroatoms. The van der Waals surface area contributed by atoms with Gasteiger partial charge >= 0.3 is 12.0 Å². The zero-order chi connectivity index (χ0) is 15.3. The number of amides is 3. The number of aliphatic hydroxyl groups is 1. The van der Waals surface area contributed by atoms with E-state index in [0.29, 0.717) is 13.1 Å². The molecule has 2 unspecified atom stereocenters. The summed E-state index contributed by atoms with van der Waals surface area (Å²) in [4.78, 5) is 37.2. The molecule has 3 N–H and O–H groups in total. The fourth-order valence-electron chi connectivity index (χ4n) is 2.21. The molecule has 8 nitrogen and oxygen atoms in total. The van der Waals surface area contributed by atoms with Crippen LogP contribution in [-0.2, 0) is 9.59 Å². The van der Waals surface area contributed by atoms with Crippen LogP contribution in [0.2, 0.25) is 0 Å². The predicted molar refractivity (Wildman–Crippen MR) is 70.1 cm³/mol. The number of carboxylic acids is 1. The van der Waals surface area contributed by atoms with Crippen molar-refractivity contribution in [2.45, 2.75) is 32.4 Å². The summed E-state index contributed by atoms with van der Waals surface area (Å²) >= 11 is 0. The van der Waals surface area contributed by atoms with E-state index in [4.69, 9.17) is 5.11 Å². The van der Waals surface area contributed by atoms with Gasteiger partial charge in [0, 0.05) is 26.1 Å². The Hall–Kier alpha value is -1.83. The number of nitrogens with zero attached hydrogens (tertiary/aromatic N) is 2. The molecule has 1 rings (SSSR count). The van der Waals surface area contributed by atoms with Crippen LogP contribution in [0.3, 0.4) is 0 Å². The van der Waals surface area contributed by atoms with Crippen molar-refractivity contribution in [3.8, 4) is 0 Å². The van der Waals surface area contributed by atoms with Crippen molar-refractivity contribution in [1.29, 1.82) is 0 Å². The molecule has 20 heavy (non-hydrogen) atoms. The lowest BCUT2D eigenvalue weighted by molar-refractivity contribution is -0.141. The number of nitrogens with one attached hydrogen (secondary N) is 1. The first-order valence-electron chi connectivity index (χ1n) is 6.63. The molecule has 1 saturated heterocycles. The summed E-state index contributed by atoms with van der Waals surface area (Å²) in [6.07, 6.45) is -0.840. The molecule has 2 atom stereocenters. The van der Waals surface area contributed by atoms with Crippen LogP contribution < -0.4 is 5.32 Å². The van der Waals surface area contributed by atoms with E-state index in [1.165, 1.54) is 0 Å². The summed E-state index contributed by atoms with van der Waals surface area (Å²) in [6.45, 7) is 4.54. The van der Waals surface area contributed by atoms with Gasteiger partial charge in [-0.1, -0.05) is 0 Å². The molecule has 0 aromatic heterocycles. The summed E-state index contributed by atoms with van der Waals surface area (Å²) in [5.74, 6) is -1.39. The molecule has 0 radical (unpaired) electrons. The van der Waals surface area contributed by atoms with E-state index < -0.39 is 24.1 Å². The van der Waals surface area contributed by atoms with Gasteiger partial charge in [-0.3, -0.25) is 4.79 Å². The minimum Gasteiger partial charge on any atom is -0.480 e. The third kappa shape index (κ3) is 3.83. The molecule has 1 aliphatic heterocycles. The van der Waals surface area contributed by atoms with Crippen molar-refractivity contribution >= 4 is 17.9 Å². The normalized spacial score (nSPS) is 21.6. The Labute approximate surface area is 117 Å². The van der Waals surface area contributed by atoms with Crippen LogP contribution in [0, 0.1) is 0 Å². The molecule has 1 heterocycles. The average molecular weight is 287 g/mol. The Balaban J connectivity index is 2.54. The van der Waals surface area contributed by atoms with E-state index >= 15 is 0 Å². The maximum absolute atomic E-state index is 11.9. The van der Waals surface area contributed by atoms with Gasteiger partial charge < -0.3 is 25.3 Å². The Bertz CT molecular complexity index is 383. The summed E-state index contributed by atoms with van der Waals surface area (Å²) in [6, 6.07) is -1.69. The lowest BCUT2D eigenvalue weighted by Gasteiger charge is -2.23. The van der Waals surface area contributed by atoms with Gasteiger partial charge in [0.2, 0.25) is 5.91 Å². The molecule has 114 valence electrons. The average Bonchev–Trinajstić information content (AvgIpc) is 2.79. The number of hydrogen-bond acceptors (Lipinski definition) is 4. The van der Waals surface area contributed by atoms with Crippen molar-refractivity contribution in [3.63, 3.8) is 0 Å². The number of likely N-dealkylation sites (tertiary alicyclic amines) is 1. The van der Waals surface area contributed by atoms with Crippen LogP contribution in [0.4, 0.5) is 4.79 Å². The molecule has 1 aliphatic rings. The zero-order valence-corrected chi connectivity index (χ0v) is 11.7. The van der Waals surface area contributed by atoms with Crippen molar-refractivity contribution in [2.75, 3.05) is 26.2 Å². The number of hydrogen-bond donors (Lipinski definition) is 3. The quantitative estimate of drug-likeness (QED) is 0.606. The fourth-order valence-corrected chi connectivity index (χ4v) is 2.21. The van der Waals surface area contributed by atoms with Gasteiger partial charge in [-0.25, -0.2) is 9.59 Å². The summed E-state index contributed by atoms with van der Waals surface area (Å²) in [5.41, 5.74) is 0. The molecule has 0 aromatic rings. The number of β-amino-alcohol motifs (C(OH)–C–C–N with tert-alkyl or cyclic N) is 1. The SMILES string of the molecule is CCN(CC)C(=O)CNC(=O)N1CC(O)CC1C(=O)O. The van der Waals surface area contributed by atoms with Gasteiger partial charge in [0.25, 0.3) is 0 Å². The highest BCUT2D eigenvalue weighted by atomic mass is 16.4. The third-order valence-electron chi connectivity index (χ3n) is 3.33. The molecule has 0 spiro atoms. The van der Waals surface area contributed by atoms with E-state index in [0.717, 1.165) is 4.90 Å². The van der Waals surface area contributed by atoms with Crippen molar-refractivity contribution < 1.29 is 24.6 Å². The van der Waals surface area contributed by atoms with Crippen LogP contribution in [0.1, 0.15) is 20.3 Å². The number of carbonyl (C=O) groups is 3. The predicted octanol–water partition coefficient (Wildman–Crippen LogP) is -0.916. The molecular weight excluding hydrogens is 266 g/mol. The maximum Gasteiger partial charge on any atom is 0.326 e. The number of aliphatic carboxylic acids is 1. The molecule has 0 bridgehead atoms. The van der Waals surface area contributed by atoms with Crippen LogP contribution in [0.5, 0.6) is 0 Å². The molecule has 0 aliphatic carbocycles. The van der Waals surface area contributed by atoms with Crippen LogP contribution >= 0.6 is 0 Å². The van der Waals surface area contributed by atoms with Gasteiger partial charge in [-0.05, 0) is 13.8 Å². The number of likely N-dealkylation sites (N-methyl/N-ethyl adjacent to an activating group) is 1. The van der Waals surface area contributed by atoms with E-state index in [2.05, 4.69) is 5.32 Å². The van der Waals surface area contributed by atoms with Gasteiger partial charge in [0.1, 0.15) is 6.04 Å². The largest absolute Gasteiger partial charge is 0.480 e. The highest BCUT2D eigenvalue weighted by Crippen LogP contribution is 2.17. The smallest absolute Gasteiger partial charge is 0.326 e. The number of carboxylic acid groups (broad SMARTS) is 1. The standard InChI is InChI=1S/C12H21N3O5/c1-3-14(4-2)10(17)6-13-12(20)15-7-8(16)5-9(15)11(18)19/h8-9,16H,3-7H2,1-2H3,(H,13,20)(H,18,19). The van der Waals surface area contributed by atoms with Crippen molar-refractivity contribution in [3.05, 3.63) is 0 Å². The van der Waals surface area contributed by atoms with E-state index in [9.17, 15) is 19.5 Å². The number of rotatable bonds is 5. The lowest BCUT2D eigenvalue weighted by atomic mass is 10.2. The van der Waals surface area contributed by atoms with Crippen LogP contribution in [-0.4, -0.2) is 76.2 Å². The molecule has 1 fully saturated rings. The summed E-state index contributed by atoms with van der Waals surface area (Å²) in [5, 5.41) is 20.8. The Morgan fingerprint density at radius 1 is 1.30 bits per heavy atom.